The van der Waals surface area contributed by atoms with E-state index in [9.17, 15) is 18.0 Å². The first-order chi connectivity index (χ1) is 15.8. The monoisotopic (exact) mass is 471 g/mol. The van der Waals surface area contributed by atoms with Gasteiger partial charge in [-0.2, -0.15) is 4.31 Å². The number of aromatic nitrogens is 1. The molecular weight excluding hydrogens is 446 g/mol. The van der Waals surface area contributed by atoms with E-state index in [2.05, 4.69) is 10.5 Å². The van der Waals surface area contributed by atoms with Gasteiger partial charge in [-0.15, -0.1) is 0 Å². The number of carbonyl (C=O) groups is 2. The number of hydrogen-bond donors (Lipinski definition) is 1. The van der Waals surface area contributed by atoms with E-state index < -0.39 is 21.9 Å². The normalized spacial score (nSPS) is 11.4. The molecule has 0 unspecified atom stereocenters. The molecule has 2 aromatic carbocycles. The molecule has 0 saturated heterocycles. The molecule has 1 N–H and O–H groups in total. The summed E-state index contributed by atoms with van der Waals surface area (Å²) in [4.78, 5) is 24.4. The van der Waals surface area contributed by atoms with E-state index >= 15 is 0 Å². The maximum atomic E-state index is 12.5. The van der Waals surface area contributed by atoms with Crippen LogP contribution in [0.1, 0.15) is 30.0 Å². The summed E-state index contributed by atoms with van der Waals surface area (Å²) in [6.07, 6.45) is 0. The summed E-state index contributed by atoms with van der Waals surface area (Å²) in [5.74, 6) is -0.801. The lowest BCUT2D eigenvalue weighted by Crippen LogP contribution is -2.31. The average Bonchev–Trinajstić information content (AvgIpc) is 3.31. The van der Waals surface area contributed by atoms with Crippen LogP contribution < -0.4 is 5.32 Å². The van der Waals surface area contributed by atoms with Crippen molar-refractivity contribution in [3.05, 3.63) is 72.0 Å². The van der Waals surface area contributed by atoms with Gasteiger partial charge in [-0.25, -0.2) is 8.42 Å². The summed E-state index contributed by atoms with van der Waals surface area (Å²) in [5, 5.41) is 6.39. The molecule has 0 bridgehead atoms. The van der Waals surface area contributed by atoms with E-state index in [1.807, 2.05) is 30.3 Å². The third-order valence-electron chi connectivity index (χ3n) is 4.86. The quantitative estimate of drug-likeness (QED) is 0.452. The standard InChI is InChI=1S/C23H25N3O6S/c1-3-26(4-2)33(29,30)20-12-10-18(11-13-20)23(28)24-15-22(27)31-16-19-14-21(25-32-19)17-8-6-5-7-9-17/h5-14H,3-4,15-16H2,1-2H3,(H,24,28). The summed E-state index contributed by atoms with van der Waals surface area (Å²) >= 11 is 0. The first kappa shape index (κ1) is 24.1. The molecule has 0 fully saturated rings. The molecule has 9 nitrogen and oxygen atoms in total. The molecule has 33 heavy (non-hydrogen) atoms. The fourth-order valence-electron chi connectivity index (χ4n) is 3.07. The van der Waals surface area contributed by atoms with E-state index in [0.717, 1.165) is 5.56 Å². The number of amides is 1. The van der Waals surface area contributed by atoms with Gasteiger partial charge < -0.3 is 14.6 Å². The molecule has 0 aliphatic rings. The van der Waals surface area contributed by atoms with Crippen LogP contribution in [0.2, 0.25) is 0 Å². The van der Waals surface area contributed by atoms with Crippen molar-refractivity contribution in [2.45, 2.75) is 25.3 Å². The number of ether oxygens (including phenoxy) is 1. The molecule has 0 aliphatic carbocycles. The number of carbonyl (C=O) groups excluding carboxylic acids is 2. The number of rotatable bonds is 10. The van der Waals surface area contributed by atoms with Gasteiger partial charge in [0.05, 0.1) is 4.90 Å². The van der Waals surface area contributed by atoms with Crippen LogP contribution in [-0.4, -0.2) is 49.4 Å². The highest BCUT2D eigenvalue weighted by atomic mass is 32.2. The van der Waals surface area contributed by atoms with Gasteiger partial charge in [0, 0.05) is 30.3 Å². The summed E-state index contributed by atoms with van der Waals surface area (Å²) in [6, 6.07) is 16.6. The molecule has 0 atom stereocenters. The zero-order chi connectivity index (χ0) is 23.8. The fourth-order valence-corrected chi connectivity index (χ4v) is 4.53. The first-order valence-electron chi connectivity index (χ1n) is 10.4. The van der Waals surface area contributed by atoms with Gasteiger partial charge in [0.2, 0.25) is 10.0 Å². The molecule has 0 saturated carbocycles. The second-order valence-electron chi connectivity index (χ2n) is 7.00. The van der Waals surface area contributed by atoms with Gasteiger partial charge >= 0.3 is 5.97 Å². The van der Waals surface area contributed by atoms with Gasteiger partial charge in [-0.05, 0) is 24.3 Å². The summed E-state index contributed by atoms with van der Waals surface area (Å²) < 4.78 is 36.6. The summed E-state index contributed by atoms with van der Waals surface area (Å²) in [7, 11) is -3.61. The van der Waals surface area contributed by atoms with Gasteiger partial charge in [-0.3, -0.25) is 9.59 Å². The Morgan fingerprint density at radius 2 is 1.70 bits per heavy atom. The minimum absolute atomic E-state index is 0.101. The van der Waals surface area contributed by atoms with E-state index in [1.54, 1.807) is 19.9 Å². The number of nitrogens with zero attached hydrogens (tertiary/aromatic N) is 2. The molecule has 1 amide bonds. The number of hydrogen-bond acceptors (Lipinski definition) is 7. The topological polar surface area (TPSA) is 119 Å². The lowest BCUT2D eigenvalue weighted by molar-refractivity contribution is -0.144. The second kappa shape index (κ2) is 10.9. The van der Waals surface area contributed by atoms with Crippen LogP contribution in [0.4, 0.5) is 0 Å². The molecule has 3 aromatic rings. The Morgan fingerprint density at radius 1 is 1.03 bits per heavy atom. The van der Waals surface area contributed by atoms with Crippen LogP contribution in [-0.2, 0) is 26.2 Å². The van der Waals surface area contributed by atoms with Gasteiger partial charge in [0.1, 0.15) is 12.2 Å². The summed E-state index contributed by atoms with van der Waals surface area (Å²) in [5.41, 5.74) is 1.73. The van der Waals surface area contributed by atoms with E-state index in [1.165, 1.54) is 28.6 Å². The minimum atomic E-state index is -3.61. The predicted octanol–water partition coefficient (Wildman–Crippen LogP) is 2.85. The largest absolute Gasteiger partial charge is 0.456 e. The highest BCUT2D eigenvalue weighted by Gasteiger charge is 2.21. The van der Waals surface area contributed by atoms with Crippen LogP contribution in [0.5, 0.6) is 0 Å². The number of benzene rings is 2. The van der Waals surface area contributed by atoms with Crippen molar-refractivity contribution in [2.24, 2.45) is 0 Å². The van der Waals surface area contributed by atoms with Crippen LogP contribution in [0.3, 0.4) is 0 Å². The van der Waals surface area contributed by atoms with Gasteiger partial charge in [0.25, 0.3) is 5.91 Å². The third-order valence-corrected chi connectivity index (χ3v) is 6.92. The van der Waals surface area contributed by atoms with E-state index in [0.29, 0.717) is 24.5 Å². The lowest BCUT2D eigenvalue weighted by Gasteiger charge is -2.18. The molecule has 1 aromatic heterocycles. The van der Waals surface area contributed by atoms with Gasteiger partial charge in [-0.1, -0.05) is 49.3 Å². The minimum Gasteiger partial charge on any atom is -0.456 e. The Kier molecular flexibility index (Phi) is 7.96. The average molecular weight is 472 g/mol. The smallest absolute Gasteiger partial charge is 0.325 e. The number of nitrogens with one attached hydrogen (secondary N) is 1. The molecule has 0 aliphatic heterocycles. The number of sulfonamides is 1. The molecule has 0 radical (unpaired) electrons. The van der Waals surface area contributed by atoms with Crippen molar-refractivity contribution in [3.8, 4) is 11.3 Å². The van der Waals surface area contributed by atoms with Crippen molar-refractivity contribution in [3.63, 3.8) is 0 Å². The van der Waals surface area contributed by atoms with Crippen LogP contribution >= 0.6 is 0 Å². The van der Waals surface area contributed by atoms with Crippen LogP contribution in [0.25, 0.3) is 11.3 Å². The SMILES string of the molecule is CCN(CC)S(=O)(=O)c1ccc(C(=O)NCC(=O)OCc2cc(-c3ccccc3)no2)cc1. The van der Waals surface area contributed by atoms with Crippen molar-refractivity contribution in [1.29, 1.82) is 0 Å². The molecule has 3 rings (SSSR count). The Hall–Kier alpha value is -3.50. The maximum Gasteiger partial charge on any atom is 0.325 e. The Morgan fingerprint density at radius 3 is 2.33 bits per heavy atom. The third kappa shape index (κ3) is 6.05. The maximum absolute atomic E-state index is 12.5. The van der Waals surface area contributed by atoms with E-state index in [4.69, 9.17) is 9.26 Å². The second-order valence-corrected chi connectivity index (χ2v) is 8.94. The van der Waals surface area contributed by atoms with Crippen LogP contribution in [0.15, 0.2) is 70.1 Å². The van der Waals surface area contributed by atoms with Crippen molar-refractivity contribution in [1.82, 2.24) is 14.8 Å². The van der Waals surface area contributed by atoms with E-state index in [-0.39, 0.29) is 23.6 Å². The van der Waals surface area contributed by atoms with Gasteiger partial charge in [0.15, 0.2) is 12.4 Å². The molecule has 10 heteroatoms. The fraction of sp³-hybridized carbons (Fsp3) is 0.261. The Labute approximate surface area is 192 Å². The molecule has 174 valence electrons. The number of esters is 1. The molecule has 1 heterocycles. The summed E-state index contributed by atoms with van der Waals surface area (Å²) in [6.45, 7) is 3.75. The Bertz CT molecular complexity index is 1190. The molecule has 0 spiro atoms. The van der Waals surface area contributed by atoms with Crippen LogP contribution in [0, 0.1) is 0 Å². The zero-order valence-electron chi connectivity index (χ0n) is 18.4. The molecular formula is C23H25N3O6S. The van der Waals surface area contributed by atoms with Crippen molar-refractivity contribution >= 4 is 21.9 Å². The lowest BCUT2D eigenvalue weighted by atomic mass is 10.1. The Balaban J connectivity index is 1.49. The highest BCUT2D eigenvalue weighted by molar-refractivity contribution is 7.89. The predicted molar refractivity (Wildman–Crippen MR) is 121 cm³/mol. The van der Waals surface area contributed by atoms with Crippen molar-refractivity contribution in [2.75, 3.05) is 19.6 Å². The first-order valence-corrected chi connectivity index (χ1v) is 11.8. The zero-order valence-corrected chi connectivity index (χ0v) is 19.2. The van der Waals surface area contributed by atoms with Crippen molar-refractivity contribution < 1.29 is 27.3 Å². The highest BCUT2D eigenvalue weighted by Crippen LogP contribution is 2.19.